The Hall–Kier alpha value is -1.41. The molecule has 1 amide bonds. The molecule has 1 saturated heterocycles. The fraction of sp³-hybridized carbons (Fsp3) is 0.550. The number of amides is 1. The summed E-state index contributed by atoms with van der Waals surface area (Å²) in [5, 5.41) is 3.41. The van der Waals surface area contributed by atoms with Gasteiger partial charge in [-0.25, -0.2) is 8.42 Å². The van der Waals surface area contributed by atoms with Crippen molar-refractivity contribution < 1.29 is 18.1 Å². The molecule has 0 aromatic heterocycles. The summed E-state index contributed by atoms with van der Waals surface area (Å²) in [6.45, 7) is 3.14. The highest BCUT2D eigenvalue weighted by molar-refractivity contribution is 7.89. The molecule has 3 rings (SSSR count). The molecule has 28 heavy (non-hydrogen) atoms. The lowest BCUT2D eigenvalue weighted by atomic mass is 9.97. The second-order valence-corrected chi connectivity index (χ2v) is 9.87. The van der Waals surface area contributed by atoms with Gasteiger partial charge in [0.1, 0.15) is 0 Å². The Morgan fingerprint density at radius 1 is 1.21 bits per heavy atom. The third-order valence-electron chi connectivity index (χ3n) is 5.43. The van der Waals surface area contributed by atoms with Gasteiger partial charge in [-0.15, -0.1) is 0 Å². The summed E-state index contributed by atoms with van der Waals surface area (Å²) in [5.74, 6) is 0.0394. The molecule has 6 nitrogen and oxygen atoms in total. The van der Waals surface area contributed by atoms with Crippen molar-refractivity contribution in [3.8, 4) is 0 Å². The van der Waals surface area contributed by atoms with Crippen LogP contribution in [0.15, 0.2) is 40.8 Å². The minimum Gasteiger partial charge on any atom is -0.351 e. The van der Waals surface area contributed by atoms with Crippen LogP contribution in [0.25, 0.3) is 0 Å². The van der Waals surface area contributed by atoms with Gasteiger partial charge in [0.05, 0.1) is 31.1 Å². The number of sulfonamides is 1. The van der Waals surface area contributed by atoms with Crippen LogP contribution in [0.3, 0.4) is 0 Å². The summed E-state index contributed by atoms with van der Waals surface area (Å²) in [6, 6.07) is 6.34. The molecule has 2 aliphatic rings. The average Bonchev–Trinajstić information content (AvgIpc) is 2.69. The van der Waals surface area contributed by atoms with Crippen LogP contribution in [-0.4, -0.2) is 57.9 Å². The third-order valence-corrected chi connectivity index (χ3v) is 7.56. The van der Waals surface area contributed by atoms with E-state index in [-0.39, 0.29) is 10.8 Å². The van der Waals surface area contributed by atoms with Gasteiger partial charge in [-0.3, -0.25) is 4.79 Å². The number of nitrogens with one attached hydrogen (secondary N) is 2. The molecule has 1 aromatic rings. The van der Waals surface area contributed by atoms with E-state index in [0.29, 0.717) is 44.3 Å². The number of halogens is 1. The summed E-state index contributed by atoms with van der Waals surface area (Å²) >= 11 is 5.93. The number of carbonyl (C=O) groups is 1. The summed E-state index contributed by atoms with van der Waals surface area (Å²) in [4.78, 5) is 13.5. The van der Waals surface area contributed by atoms with Crippen molar-refractivity contribution in [3.63, 3.8) is 0 Å². The second kappa shape index (κ2) is 9.87. The minimum atomic E-state index is -3.53. The van der Waals surface area contributed by atoms with Gasteiger partial charge in [0.15, 0.2) is 6.54 Å². The zero-order valence-corrected chi connectivity index (χ0v) is 17.7. The van der Waals surface area contributed by atoms with E-state index in [1.807, 2.05) is 0 Å². The van der Waals surface area contributed by atoms with Crippen molar-refractivity contribution in [2.45, 2.75) is 37.0 Å². The Bertz CT molecular complexity index is 818. The molecule has 154 valence electrons. The number of carbonyl (C=O) groups excluding carboxylic acids is 1. The maximum atomic E-state index is 12.7. The third kappa shape index (κ3) is 5.80. The largest absolute Gasteiger partial charge is 0.351 e. The summed E-state index contributed by atoms with van der Waals surface area (Å²) in [5.41, 5.74) is 1.46. The van der Waals surface area contributed by atoms with Crippen LogP contribution in [0.2, 0.25) is 5.02 Å². The number of hydrogen-bond acceptors (Lipinski definition) is 3. The Labute approximate surface area is 172 Å². The lowest BCUT2D eigenvalue weighted by Gasteiger charge is -2.31. The predicted octanol–water partition coefficient (Wildman–Crippen LogP) is 1.24. The molecule has 0 unspecified atom stereocenters. The molecule has 1 aromatic carbocycles. The Morgan fingerprint density at radius 2 is 2.00 bits per heavy atom. The van der Waals surface area contributed by atoms with Gasteiger partial charge in [-0.1, -0.05) is 29.3 Å². The van der Waals surface area contributed by atoms with Gasteiger partial charge in [0, 0.05) is 11.6 Å². The van der Waals surface area contributed by atoms with Crippen LogP contribution < -0.4 is 10.2 Å². The summed E-state index contributed by atoms with van der Waals surface area (Å²) < 4.78 is 26.9. The Morgan fingerprint density at radius 3 is 2.68 bits per heavy atom. The predicted molar refractivity (Wildman–Crippen MR) is 110 cm³/mol. The number of piperazine rings is 1. The molecule has 0 atom stereocenters. The van der Waals surface area contributed by atoms with Gasteiger partial charge in [0.25, 0.3) is 5.91 Å². The maximum Gasteiger partial charge on any atom is 0.275 e. The molecule has 1 aliphatic carbocycles. The van der Waals surface area contributed by atoms with E-state index in [2.05, 4.69) is 11.4 Å². The normalized spacial score (nSPS) is 19.2. The number of benzene rings is 1. The molecule has 1 fully saturated rings. The van der Waals surface area contributed by atoms with Crippen LogP contribution in [-0.2, 0) is 14.8 Å². The van der Waals surface area contributed by atoms with Gasteiger partial charge >= 0.3 is 0 Å². The standard InChI is InChI=1S/C20H28ClN3O3S/c21-18-7-4-8-19(15-18)28(26,27)24-13-11-23(12-14-24)16-20(25)22-10-9-17-5-2-1-3-6-17/h4-5,7-8,15H,1-3,6,9-14,16H2,(H,22,25)/p+1. The lowest BCUT2D eigenvalue weighted by Crippen LogP contribution is -3.15. The van der Waals surface area contributed by atoms with Crippen LogP contribution in [0.1, 0.15) is 32.1 Å². The van der Waals surface area contributed by atoms with E-state index in [1.54, 1.807) is 18.2 Å². The Kier molecular flexibility index (Phi) is 7.51. The smallest absolute Gasteiger partial charge is 0.275 e. The SMILES string of the molecule is O=C(C[NH+]1CCN(S(=O)(=O)c2cccc(Cl)c2)CC1)NCCC1=CCCCC1. The molecule has 2 N–H and O–H groups in total. The van der Waals surface area contributed by atoms with Crippen molar-refractivity contribution in [3.05, 3.63) is 40.9 Å². The molecule has 0 spiro atoms. The lowest BCUT2D eigenvalue weighted by molar-refractivity contribution is -0.895. The van der Waals surface area contributed by atoms with E-state index < -0.39 is 10.0 Å². The average molecular weight is 427 g/mol. The molecule has 1 heterocycles. The van der Waals surface area contributed by atoms with E-state index in [1.165, 1.54) is 28.8 Å². The zero-order valence-electron chi connectivity index (χ0n) is 16.1. The van der Waals surface area contributed by atoms with E-state index in [4.69, 9.17) is 11.6 Å². The van der Waals surface area contributed by atoms with Crippen molar-refractivity contribution >= 4 is 27.5 Å². The van der Waals surface area contributed by atoms with Crippen LogP contribution in [0, 0.1) is 0 Å². The van der Waals surface area contributed by atoms with Gasteiger partial charge in [-0.2, -0.15) is 4.31 Å². The molecular weight excluding hydrogens is 398 g/mol. The highest BCUT2D eigenvalue weighted by Gasteiger charge is 2.31. The number of allylic oxidation sites excluding steroid dienone is 1. The molecule has 0 saturated carbocycles. The first-order valence-corrected chi connectivity index (χ1v) is 11.8. The summed E-state index contributed by atoms with van der Waals surface area (Å²) in [6.07, 6.45) is 8.09. The van der Waals surface area contributed by atoms with Gasteiger partial charge < -0.3 is 10.2 Å². The molecule has 1 aliphatic heterocycles. The second-order valence-electron chi connectivity index (χ2n) is 7.50. The van der Waals surface area contributed by atoms with E-state index >= 15 is 0 Å². The molecule has 8 heteroatoms. The van der Waals surface area contributed by atoms with E-state index in [9.17, 15) is 13.2 Å². The number of hydrogen-bond donors (Lipinski definition) is 2. The quantitative estimate of drug-likeness (QED) is 0.644. The van der Waals surface area contributed by atoms with Crippen molar-refractivity contribution in [1.29, 1.82) is 0 Å². The number of rotatable bonds is 7. The number of quaternary nitrogens is 1. The van der Waals surface area contributed by atoms with Gasteiger partial charge in [0.2, 0.25) is 10.0 Å². The monoisotopic (exact) mass is 426 g/mol. The Balaban J connectivity index is 1.42. The van der Waals surface area contributed by atoms with Crippen molar-refractivity contribution in [1.82, 2.24) is 9.62 Å². The van der Waals surface area contributed by atoms with Crippen LogP contribution in [0.4, 0.5) is 0 Å². The zero-order chi connectivity index (χ0) is 20.0. The van der Waals surface area contributed by atoms with Crippen molar-refractivity contribution in [2.75, 3.05) is 39.3 Å². The van der Waals surface area contributed by atoms with Crippen molar-refractivity contribution in [2.24, 2.45) is 0 Å². The fourth-order valence-corrected chi connectivity index (χ4v) is 5.52. The topological polar surface area (TPSA) is 70.9 Å². The van der Waals surface area contributed by atoms with Gasteiger partial charge in [-0.05, 0) is 50.3 Å². The molecule has 0 radical (unpaired) electrons. The number of nitrogens with zero attached hydrogens (tertiary/aromatic N) is 1. The highest BCUT2D eigenvalue weighted by Crippen LogP contribution is 2.20. The first-order valence-electron chi connectivity index (χ1n) is 9.99. The minimum absolute atomic E-state index is 0.0394. The summed E-state index contributed by atoms with van der Waals surface area (Å²) in [7, 11) is -3.53. The first kappa shape index (κ1) is 21.3. The molecule has 0 bridgehead atoms. The van der Waals surface area contributed by atoms with E-state index in [0.717, 1.165) is 24.2 Å². The van der Waals surface area contributed by atoms with Crippen LogP contribution in [0.5, 0.6) is 0 Å². The van der Waals surface area contributed by atoms with Crippen LogP contribution >= 0.6 is 11.6 Å². The molecular formula is C20H29ClN3O3S+. The highest BCUT2D eigenvalue weighted by atomic mass is 35.5. The first-order chi connectivity index (χ1) is 13.4. The fourth-order valence-electron chi connectivity index (χ4n) is 3.78. The maximum absolute atomic E-state index is 12.7.